The first-order valence-corrected chi connectivity index (χ1v) is 6.05. The summed E-state index contributed by atoms with van der Waals surface area (Å²) in [4.78, 5) is 13.1. The zero-order valence-corrected chi connectivity index (χ0v) is 11.1. The van der Waals surface area contributed by atoms with E-state index in [1.807, 2.05) is 6.07 Å². The van der Waals surface area contributed by atoms with Crippen LogP contribution >= 0.6 is 0 Å². The van der Waals surface area contributed by atoms with Crippen molar-refractivity contribution >= 4 is 5.91 Å². The number of halogens is 1. The molecule has 102 valence electrons. The van der Waals surface area contributed by atoms with Crippen molar-refractivity contribution < 1.29 is 13.9 Å². The van der Waals surface area contributed by atoms with Gasteiger partial charge in [0.25, 0.3) is 0 Å². The lowest BCUT2D eigenvalue weighted by atomic mass is 10.2. The summed E-state index contributed by atoms with van der Waals surface area (Å²) >= 11 is 0. The largest absolute Gasteiger partial charge is 0.490 e. The molecule has 0 N–H and O–H groups in total. The van der Waals surface area contributed by atoms with Gasteiger partial charge in [0.15, 0.2) is 11.6 Å². The Labute approximate surface area is 112 Å². The molecule has 0 saturated heterocycles. The van der Waals surface area contributed by atoms with E-state index in [-0.39, 0.29) is 24.7 Å². The van der Waals surface area contributed by atoms with Gasteiger partial charge in [-0.05, 0) is 18.6 Å². The summed E-state index contributed by atoms with van der Waals surface area (Å²) in [5, 5.41) is 8.42. The van der Waals surface area contributed by atoms with E-state index in [0.717, 1.165) is 0 Å². The smallest absolute Gasteiger partial charge is 0.225 e. The lowest BCUT2D eigenvalue weighted by Crippen LogP contribution is -2.28. The lowest BCUT2D eigenvalue weighted by molar-refractivity contribution is -0.130. The molecule has 0 radical (unpaired) electrons. The number of hydrogen-bond donors (Lipinski definition) is 0. The standard InChI is InChI=1S/C14H17FN2O2/c1-11-5-3-6-12(14(11)15)19-10-7-13(18)17(2)9-4-8-16/h3,5-6H,4,7,9-10H2,1-2H3. The van der Waals surface area contributed by atoms with E-state index in [1.54, 1.807) is 26.1 Å². The van der Waals surface area contributed by atoms with E-state index in [2.05, 4.69) is 0 Å². The van der Waals surface area contributed by atoms with E-state index < -0.39 is 5.82 Å². The van der Waals surface area contributed by atoms with E-state index in [1.165, 1.54) is 11.0 Å². The first-order chi connectivity index (χ1) is 9.06. The number of nitrogens with zero attached hydrogens (tertiary/aromatic N) is 2. The van der Waals surface area contributed by atoms with Crippen molar-refractivity contribution in [1.82, 2.24) is 4.90 Å². The molecule has 0 heterocycles. The minimum absolute atomic E-state index is 0.121. The molecule has 0 spiro atoms. The topological polar surface area (TPSA) is 53.3 Å². The maximum Gasteiger partial charge on any atom is 0.225 e. The average molecular weight is 264 g/mol. The molecule has 1 aromatic carbocycles. The molecule has 4 nitrogen and oxygen atoms in total. The molecule has 0 saturated carbocycles. The summed E-state index contributed by atoms with van der Waals surface area (Å²) in [5.41, 5.74) is 0.509. The van der Waals surface area contributed by atoms with Crippen LogP contribution in [0.2, 0.25) is 0 Å². The van der Waals surface area contributed by atoms with Crippen molar-refractivity contribution in [1.29, 1.82) is 5.26 Å². The first kappa shape index (κ1) is 15.0. The predicted molar refractivity (Wildman–Crippen MR) is 69.1 cm³/mol. The maximum atomic E-state index is 13.6. The fourth-order valence-corrected chi connectivity index (χ4v) is 1.51. The molecule has 0 atom stereocenters. The van der Waals surface area contributed by atoms with E-state index in [4.69, 9.17) is 10.00 Å². The van der Waals surface area contributed by atoms with Gasteiger partial charge in [0, 0.05) is 13.6 Å². The van der Waals surface area contributed by atoms with Crippen LogP contribution in [0.3, 0.4) is 0 Å². The third-order valence-electron chi connectivity index (χ3n) is 2.71. The second-order valence-electron chi connectivity index (χ2n) is 4.21. The number of carbonyl (C=O) groups excluding carboxylic acids is 1. The Morgan fingerprint density at radius 1 is 1.53 bits per heavy atom. The number of rotatable bonds is 6. The normalized spacial score (nSPS) is 9.79. The van der Waals surface area contributed by atoms with E-state index in [0.29, 0.717) is 18.5 Å². The molecule has 5 heteroatoms. The fraction of sp³-hybridized carbons (Fsp3) is 0.429. The third-order valence-corrected chi connectivity index (χ3v) is 2.71. The molecule has 0 bridgehead atoms. The monoisotopic (exact) mass is 264 g/mol. The van der Waals surface area contributed by atoms with Gasteiger partial charge in [-0.25, -0.2) is 4.39 Å². The minimum atomic E-state index is -0.396. The fourth-order valence-electron chi connectivity index (χ4n) is 1.51. The number of carbonyl (C=O) groups is 1. The highest BCUT2D eigenvalue weighted by Crippen LogP contribution is 2.19. The van der Waals surface area contributed by atoms with Crippen molar-refractivity contribution in [2.45, 2.75) is 19.8 Å². The molecule has 0 unspecified atom stereocenters. The highest BCUT2D eigenvalue weighted by atomic mass is 19.1. The van der Waals surface area contributed by atoms with Gasteiger partial charge >= 0.3 is 0 Å². The second kappa shape index (κ2) is 7.37. The predicted octanol–water partition coefficient (Wildman–Crippen LogP) is 2.28. The van der Waals surface area contributed by atoms with Crippen LogP contribution in [0.15, 0.2) is 18.2 Å². The van der Waals surface area contributed by atoms with Crippen molar-refractivity contribution in [2.24, 2.45) is 0 Å². The number of amides is 1. The minimum Gasteiger partial charge on any atom is -0.490 e. The lowest BCUT2D eigenvalue weighted by Gasteiger charge is -2.15. The first-order valence-electron chi connectivity index (χ1n) is 6.05. The molecule has 0 aliphatic carbocycles. The third kappa shape index (κ3) is 4.59. The Morgan fingerprint density at radius 2 is 2.26 bits per heavy atom. The molecule has 0 fully saturated rings. The zero-order valence-electron chi connectivity index (χ0n) is 11.1. The molecule has 1 amide bonds. The number of aryl methyl sites for hydroxylation is 1. The summed E-state index contributed by atoms with van der Waals surface area (Å²) in [6, 6.07) is 6.87. The molecular weight excluding hydrogens is 247 g/mol. The van der Waals surface area contributed by atoms with Gasteiger partial charge in [-0.15, -0.1) is 0 Å². The van der Waals surface area contributed by atoms with Crippen LogP contribution in [0, 0.1) is 24.1 Å². The molecule has 0 aliphatic heterocycles. The summed E-state index contributed by atoms with van der Waals surface area (Å²) in [6.45, 7) is 2.17. The van der Waals surface area contributed by atoms with Crippen molar-refractivity contribution in [2.75, 3.05) is 20.2 Å². The Morgan fingerprint density at radius 3 is 2.95 bits per heavy atom. The van der Waals surface area contributed by atoms with E-state index >= 15 is 0 Å². The van der Waals surface area contributed by atoms with Crippen LogP contribution in [0.5, 0.6) is 5.75 Å². The van der Waals surface area contributed by atoms with Crippen LogP contribution in [0.4, 0.5) is 4.39 Å². The number of ether oxygens (including phenoxy) is 1. The van der Waals surface area contributed by atoms with Crippen molar-refractivity contribution in [3.63, 3.8) is 0 Å². The number of hydrogen-bond acceptors (Lipinski definition) is 3. The SMILES string of the molecule is Cc1cccc(OCCC(=O)N(C)CCC#N)c1F. The van der Waals surface area contributed by atoms with Crippen molar-refractivity contribution in [3.05, 3.63) is 29.6 Å². The summed E-state index contributed by atoms with van der Waals surface area (Å²) in [6.07, 6.45) is 0.463. The van der Waals surface area contributed by atoms with Crippen LogP contribution in [0.1, 0.15) is 18.4 Å². The average Bonchev–Trinajstić information content (AvgIpc) is 2.40. The van der Waals surface area contributed by atoms with Crippen LogP contribution < -0.4 is 4.74 Å². The zero-order chi connectivity index (χ0) is 14.3. The number of nitriles is 1. The van der Waals surface area contributed by atoms with Gasteiger partial charge in [0.1, 0.15) is 0 Å². The summed E-state index contributed by atoms with van der Waals surface area (Å²) < 4.78 is 18.9. The van der Waals surface area contributed by atoms with Crippen LogP contribution in [0.25, 0.3) is 0 Å². The van der Waals surface area contributed by atoms with Gasteiger partial charge in [0.05, 0.1) is 25.5 Å². The van der Waals surface area contributed by atoms with E-state index in [9.17, 15) is 9.18 Å². The Hall–Kier alpha value is -2.09. The summed E-state index contributed by atoms with van der Waals surface area (Å²) in [7, 11) is 1.63. The Balaban J connectivity index is 2.40. The molecule has 1 aromatic rings. The summed E-state index contributed by atoms with van der Waals surface area (Å²) in [5.74, 6) is -0.358. The molecular formula is C14H17FN2O2. The molecule has 0 aromatic heterocycles. The number of benzene rings is 1. The van der Waals surface area contributed by atoms with Gasteiger partial charge in [-0.1, -0.05) is 12.1 Å². The van der Waals surface area contributed by atoms with Crippen LogP contribution in [-0.2, 0) is 4.79 Å². The van der Waals surface area contributed by atoms with Gasteiger partial charge in [0.2, 0.25) is 5.91 Å². The van der Waals surface area contributed by atoms with Gasteiger partial charge in [-0.2, -0.15) is 5.26 Å². The van der Waals surface area contributed by atoms with Crippen LogP contribution in [-0.4, -0.2) is 31.0 Å². The highest BCUT2D eigenvalue weighted by Gasteiger charge is 2.10. The molecule has 19 heavy (non-hydrogen) atoms. The van der Waals surface area contributed by atoms with Crippen molar-refractivity contribution in [3.8, 4) is 11.8 Å². The van der Waals surface area contributed by atoms with Gasteiger partial charge < -0.3 is 9.64 Å². The molecule has 1 rings (SSSR count). The second-order valence-corrected chi connectivity index (χ2v) is 4.21. The quantitative estimate of drug-likeness (QED) is 0.792. The maximum absolute atomic E-state index is 13.6. The van der Waals surface area contributed by atoms with Gasteiger partial charge in [-0.3, -0.25) is 4.79 Å². The Bertz CT molecular complexity index is 483. The Kier molecular flexibility index (Phi) is 5.80. The highest BCUT2D eigenvalue weighted by molar-refractivity contribution is 5.75. The molecule has 0 aliphatic rings.